The van der Waals surface area contributed by atoms with Crippen LogP contribution in [0.25, 0.3) is 0 Å². The Kier molecular flexibility index (Phi) is 3.11. The van der Waals surface area contributed by atoms with Crippen LogP contribution in [0.4, 0.5) is 4.39 Å². The van der Waals surface area contributed by atoms with Crippen molar-refractivity contribution in [3.05, 3.63) is 23.5 Å². The Bertz CT molecular complexity index is 394. The zero-order chi connectivity index (χ0) is 11.6. The van der Waals surface area contributed by atoms with E-state index < -0.39 is 29.3 Å². The van der Waals surface area contributed by atoms with Gasteiger partial charge in [-0.15, -0.1) is 0 Å². The minimum absolute atomic E-state index is 0.301. The number of phenolic OH excluding ortho intramolecular Hbond substituents is 2. The van der Waals surface area contributed by atoms with Gasteiger partial charge in [0.05, 0.1) is 0 Å². The number of rotatable bonds is 3. The molecule has 0 heterocycles. The second-order valence-electron chi connectivity index (χ2n) is 3.04. The van der Waals surface area contributed by atoms with E-state index in [0.29, 0.717) is 0 Å². The van der Waals surface area contributed by atoms with E-state index in [9.17, 15) is 14.3 Å². The summed E-state index contributed by atoms with van der Waals surface area (Å²) in [7, 11) is 0. The minimum atomic E-state index is -1.33. The van der Waals surface area contributed by atoms with Crippen LogP contribution in [0.2, 0.25) is 0 Å². The second kappa shape index (κ2) is 4.14. The van der Waals surface area contributed by atoms with E-state index in [-0.39, 0.29) is 12.0 Å². The number of carboxylic acids is 1. The predicted octanol–water partition coefficient (Wildman–Crippen LogP) is 0.191. The largest absolute Gasteiger partial charge is 0.504 e. The molecule has 15 heavy (non-hydrogen) atoms. The maximum Gasteiger partial charge on any atom is 0.320 e. The minimum Gasteiger partial charge on any atom is -0.504 e. The summed E-state index contributed by atoms with van der Waals surface area (Å²) in [5, 5.41) is 26.8. The first-order valence-electron chi connectivity index (χ1n) is 4.11. The van der Waals surface area contributed by atoms with Crippen molar-refractivity contribution < 1.29 is 24.5 Å². The molecule has 0 aromatic heterocycles. The normalized spacial score (nSPS) is 12.4. The number of hydrogen-bond acceptors (Lipinski definition) is 4. The number of aliphatic carboxylic acids is 1. The molecule has 0 saturated carbocycles. The summed E-state index contributed by atoms with van der Waals surface area (Å²) < 4.78 is 13.1. The lowest BCUT2D eigenvalue weighted by Gasteiger charge is -2.10. The molecule has 0 aliphatic rings. The quantitative estimate of drug-likeness (QED) is 0.539. The van der Waals surface area contributed by atoms with Gasteiger partial charge in [0.1, 0.15) is 11.9 Å². The van der Waals surface area contributed by atoms with Gasteiger partial charge >= 0.3 is 5.97 Å². The Morgan fingerprint density at radius 3 is 2.60 bits per heavy atom. The fourth-order valence-corrected chi connectivity index (χ4v) is 1.10. The third kappa shape index (κ3) is 2.35. The Morgan fingerprint density at radius 2 is 2.07 bits per heavy atom. The molecule has 1 atom stereocenters. The zero-order valence-electron chi connectivity index (χ0n) is 7.64. The van der Waals surface area contributed by atoms with E-state index in [2.05, 4.69) is 0 Å². The molecule has 1 aromatic carbocycles. The van der Waals surface area contributed by atoms with Gasteiger partial charge in [0.15, 0.2) is 11.5 Å². The molecule has 0 spiro atoms. The van der Waals surface area contributed by atoms with Crippen molar-refractivity contribution in [3.8, 4) is 11.5 Å². The number of nitrogens with two attached hydrogens (primary N) is 1. The number of hydrogen-bond donors (Lipinski definition) is 4. The second-order valence-corrected chi connectivity index (χ2v) is 3.04. The lowest BCUT2D eigenvalue weighted by atomic mass is 10.0. The number of phenols is 2. The van der Waals surface area contributed by atoms with Crippen molar-refractivity contribution in [1.29, 1.82) is 0 Å². The molecule has 0 fully saturated rings. The lowest BCUT2D eigenvalue weighted by Crippen LogP contribution is -2.32. The Balaban J connectivity index is 3.03. The number of carbonyl (C=O) groups is 1. The summed E-state index contributed by atoms with van der Waals surface area (Å²) in [6.07, 6.45) is -0.388. The van der Waals surface area contributed by atoms with Crippen molar-refractivity contribution >= 4 is 5.97 Å². The number of benzene rings is 1. The molecule has 82 valence electrons. The highest BCUT2D eigenvalue weighted by Gasteiger charge is 2.19. The van der Waals surface area contributed by atoms with E-state index in [1.54, 1.807) is 0 Å². The number of aromatic hydroxyl groups is 2. The van der Waals surface area contributed by atoms with E-state index in [0.717, 1.165) is 12.1 Å². The van der Waals surface area contributed by atoms with E-state index in [1.807, 2.05) is 0 Å². The van der Waals surface area contributed by atoms with Gasteiger partial charge in [0, 0.05) is 12.0 Å². The molecule has 6 heteroatoms. The molecule has 0 saturated heterocycles. The van der Waals surface area contributed by atoms with Gasteiger partial charge in [-0.25, -0.2) is 4.39 Å². The fraction of sp³-hybridized carbons (Fsp3) is 0.222. The van der Waals surface area contributed by atoms with Gasteiger partial charge in [0.25, 0.3) is 0 Å². The van der Waals surface area contributed by atoms with E-state index >= 15 is 0 Å². The first kappa shape index (κ1) is 11.3. The highest BCUT2D eigenvalue weighted by molar-refractivity contribution is 5.73. The summed E-state index contributed by atoms with van der Waals surface area (Å²) in [4.78, 5) is 10.4. The number of carboxylic acid groups (broad SMARTS) is 1. The van der Waals surface area contributed by atoms with Crippen LogP contribution in [0.3, 0.4) is 0 Å². The van der Waals surface area contributed by atoms with Gasteiger partial charge < -0.3 is 21.1 Å². The molecule has 0 radical (unpaired) electrons. The highest BCUT2D eigenvalue weighted by atomic mass is 19.1. The monoisotopic (exact) mass is 215 g/mol. The Hall–Kier alpha value is -1.82. The molecular weight excluding hydrogens is 205 g/mol. The Labute approximate surface area is 84.6 Å². The van der Waals surface area contributed by atoms with Crippen molar-refractivity contribution in [1.82, 2.24) is 0 Å². The first-order chi connectivity index (χ1) is 6.93. The van der Waals surface area contributed by atoms with Crippen LogP contribution >= 0.6 is 0 Å². The molecule has 5 N–H and O–H groups in total. The van der Waals surface area contributed by atoms with Gasteiger partial charge in [-0.2, -0.15) is 0 Å². The van der Waals surface area contributed by atoms with Gasteiger partial charge in [-0.05, 0) is 12.1 Å². The first-order valence-corrected chi connectivity index (χ1v) is 4.11. The summed E-state index contributed by atoms with van der Waals surface area (Å²) in [6, 6.07) is 0.576. The molecule has 1 rings (SSSR count). The smallest absolute Gasteiger partial charge is 0.320 e. The summed E-state index contributed by atoms with van der Waals surface area (Å²) in [6.45, 7) is 0. The van der Waals surface area contributed by atoms with Crippen LogP contribution < -0.4 is 5.73 Å². The average Bonchev–Trinajstić information content (AvgIpc) is 2.18. The van der Waals surface area contributed by atoms with Crippen LogP contribution in [0.5, 0.6) is 11.5 Å². The molecule has 5 nitrogen and oxygen atoms in total. The Morgan fingerprint density at radius 1 is 1.47 bits per heavy atom. The SMILES string of the molecule is NC(Cc1c(F)ccc(O)c1O)C(=O)O. The van der Waals surface area contributed by atoms with Gasteiger partial charge in [-0.3, -0.25) is 4.79 Å². The number of halogens is 1. The van der Waals surface area contributed by atoms with Gasteiger partial charge in [-0.1, -0.05) is 0 Å². The fourth-order valence-electron chi connectivity index (χ4n) is 1.10. The van der Waals surface area contributed by atoms with E-state index in [1.165, 1.54) is 0 Å². The molecule has 1 aromatic rings. The van der Waals surface area contributed by atoms with Crippen molar-refractivity contribution in [3.63, 3.8) is 0 Å². The lowest BCUT2D eigenvalue weighted by molar-refractivity contribution is -0.138. The third-order valence-corrected chi connectivity index (χ3v) is 1.95. The molecule has 1 unspecified atom stereocenters. The van der Waals surface area contributed by atoms with Crippen LogP contribution in [-0.2, 0) is 11.2 Å². The standard InChI is InChI=1S/C9H10FNO4/c10-5-1-2-7(12)8(13)4(5)3-6(11)9(14)15/h1-2,6,12-13H,3,11H2,(H,14,15). The molecule has 0 amide bonds. The predicted molar refractivity (Wildman–Crippen MR) is 49.0 cm³/mol. The van der Waals surface area contributed by atoms with Crippen molar-refractivity contribution in [2.75, 3.05) is 0 Å². The van der Waals surface area contributed by atoms with Crippen LogP contribution in [0, 0.1) is 5.82 Å². The molecule has 0 bridgehead atoms. The summed E-state index contributed by atoms with van der Waals surface area (Å²) >= 11 is 0. The molecular formula is C9H10FNO4. The highest BCUT2D eigenvalue weighted by Crippen LogP contribution is 2.31. The molecule has 0 aliphatic carbocycles. The van der Waals surface area contributed by atoms with Crippen LogP contribution in [-0.4, -0.2) is 27.3 Å². The maximum absolute atomic E-state index is 13.1. The van der Waals surface area contributed by atoms with Crippen LogP contribution in [0.1, 0.15) is 5.56 Å². The maximum atomic E-state index is 13.1. The molecule has 0 aliphatic heterocycles. The average molecular weight is 215 g/mol. The third-order valence-electron chi connectivity index (χ3n) is 1.95. The summed E-state index contributed by atoms with van der Waals surface area (Å²) in [5.74, 6) is -3.30. The summed E-state index contributed by atoms with van der Waals surface area (Å²) in [5.41, 5.74) is 4.88. The van der Waals surface area contributed by atoms with Crippen LogP contribution in [0.15, 0.2) is 12.1 Å². The van der Waals surface area contributed by atoms with Crippen molar-refractivity contribution in [2.45, 2.75) is 12.5 Å². The van der Waals surface area contributed by atoms with Crippen molar-refractivity contribution in [2.24, 2.45) is 5.73 Å². The zero-order valence-corrected chi connectivity index (χ0v) is 7.64. The topological polar surface area (TPSA) is 104 Å². The van der Waals surface area contributed by atoms with Gasteiger partial charge in [0.2, 0.25) is 0 Å². The van der Waals surface area contributed by atoms with E-state index in [4.69, 9.17) is 15.9 Å².